The minimum absolute atomic E-state index is 0.195. The van der Waals surface area contributed by atoms with E-state index in [2.05, 4.69) is 0 Å². The maximum Gasteiger partial charge on any atom is 0.305 e. The number of carbonyl (C=O) groups excluding carboxylic acids is 1. The summed E-state index contributed by atoms with van der Waals surface area (Å²) in [6, 6.07) is 0. The number of hydrogen-bond donors (Lipinski definition) is 0. The Morgan fingerprint density at radius 2 is 2.09 bits per heavy atom. The summed E-state index contributed by atoms with van der Waals surface area (Å²) < 4.78 is 9.70. The fourth-order valence-corrected chi connectivity index (χ4v) is 0.582. The highest BCUT2D eigenvalue weighted by molar-refractivity contribution is 6.17. The van der Waals surface area contributed by atoms with Crippen LogP contribution in [0.3, 0.4) is 0 Å². The van der Waals surface area contributed by atoms with Gasteiger partial charge in [-0.2, -0.15) is 0 Å². The molecule has 0 aliphatic heterocycles. The molecule has 0 aliphatic rings. The highest BCUT2D eigenvalue weighted by atomic mass is 35.5. The molecule has 3 nitrogen and oxygen atoms in total. The number of hydrogen-bond acceptors (Lipinski definition) is 3. The average molecular weight is 181 g/mol. The zero-order chi connectivity index (χ0) is 8.53. The summed E-state index contributed by atoms with van der Waals surface area (Å²) in [5.41, 5.74) is 0. The Hall–Kier alpha value is -0.280. The van der Waals surface area contributed by atoms with Crippen LogP contribution >= 0.6 is 11.6 Å². The summed E-state index contributed by atoms with van der Waals surface area (Å²) in [5.74, 6) is 0.279. The Bertz CT molecular complexity index is 106. The van der Waals surface area contributed by atoms with Crippen LogP contribution in [0.1, 0.15) is 13.3 Å². The SMILES string of the molecule is CCC(=O)OCCOCCCl. The molecule has 66 valence electrons. The maximum absolute atomic E-state index is 10.5. The van der Waals surface area contributed by atoms with Gasteiger partial charge in [-0.3, -0.25) is 4.79 Å². The van der Waals surface area contributed by atoms with Gasteiger partial charge in [0.1, 0.15) is 6.61 Å². The van der Waals surface area contributed by atoms with Crippen molar-refractivity contribution in [3.63, 3.8) is 0 Å². The number of carbonyl (C=O) groups is 1. The second-order valence-electron chi connectivity index (χ2n) is 1.88. The molecule has 0 bridgehead atoms. The highest BCUT2D eigenvalue weighted by Crippen LogP contribution is 1.85. The Balaban J connectivity index is 2.95. The van der Waals surface area contributed by atoms with Crippen LogP contribution in [-0.4, -0.2) is 31.7 Å². The van der Waals surface area contributed by atoms with Crippen LogP contribution in [0.4, 0.5) is 0 Å². The van der Waals surface area contributed by atoms with Crippen LogP contribution in [0.25, 0.3) is 0 Å². The molecule has 0 saturated heterocycles. The molecule has 0 unspecified atom stereocenters. The maximum atomic E-state index is 10.5. The second kappa shape index (κ2) is 7.82. The zero-order valence-electron chi connectivity index (χ0n) is 6.64. The van der Waals surface area contributed by atoms with E-state index in [-0.39, 0.29) is 5.97 Å². The van der Waals surface area contributed by atoms with Crippen molar-refractivity contribution in [3.8, 4) is 0 Å². The number of halogens is 1. The van der Waals surface area contributed by atoms with E-state index in [1.54, 1.807) is 6.92 Å². The van der Waals surface area contributed by atoms with Gasteiger partial charge < -0.3 is 9.47 Å². The van der Waals surface area contributed by atoms with E-state index in [0.717, 1.165) is 0 Å². The first-order valence-electron chi connectivity index (χ1n) is 3.60. The predicted molar refractivity (Wildman–Crippen MR) is 42.8 cm³/mol. The number of esters is 1. The van der Waals surface area contributed by atoms with E-state index in [1.165, 1.54) is 0 Å². The molecule has 0 fully saturated rings. The summed E-state index contributed by atoms with van der Waals surface area (Å²) >= 11 is 5.34. The third-order valence-corrected chi connectivity index (χ3v) is 1.16. The van der Waals surface area contributed by atoms with Gasteiger partial charge in [0.15, 0.2) is 0 Å². The molecular formula is C7H13ClO3. The quantitative estimate of drug-likeness (QED) is 0.350. The van der Waals surface area contributed by atoms with Crippen molar-refractivity contribution in [2.45, 2.75) is 13.3 Å². The predicted octanol–water partition coefficient (Wildman–Crippen LogP) is 1.20. The van der Waals surface area contributed by atoms with E-state index in [9.17, 15) is 4.79 Å². The molecule has 0 heterocycles. The molecule has 0 rings (SSSR count). The number of rotatable bonds is 6. The summed E-state index contributed by atoms with van der Waals surface area (Å²) in [6.07, 6.45) is 0.412. The standard InChI is InChI=1S/C7H13ClO3/c1-2-7(9)11-6-5-10-4-3-8/h2-6H2,1H3. The average Bonchev–Trinajstić information content (AvgIpc) is 2.04. The van der Waals surface area contributed by atoms with Crippen LogP contribution in [0.5, 0.6) is 0 Å². The Morgan fingerprint density at radius 1 is 1.36 bits per heavy atom. The van der Waals surface area contributed by atoms with Gasteiger partial charge in [0, 0.05) is 12.3 Å². The minimum atomic E-state index is -0.195. The van der Waals surface area contributed by atoms with Crippen LogP contribution < -0.4 is 0 Å². The third kappa shape index (κ3) is 7.62. The van der Waals surface area contributed by atoms with E-state index < -0.39 is 0 Å². The van der Waals surface area contributed by atoms with Crippen molar-refractivity contribution < 1.29 is 14.3 Å². The van der Waals surface area contributed by atoms with Crippen LogP contribution in [0, 0.1) is 0 Å². The zero-order valence-corrected chi connectivity index (χ0v) is 7.39. The first kappa shape index (κ1) is 10.7. The van der Waals surface area contributed by atoms with Crippen LogP contribution in [0.15, 0.2) is 0 Å². The molecule has 0 aromatic rings. The van der Waals surface area contributed by atoms with E-state index in [4.69, 9.17) is 21.1 Å². The summed E-state index contributed by atoms with van der Waals surface area (Å²) in [5, 5.41) is 0. The molecule has 0 aromatic heterocycles. The smallest absolute Gasteiger partial charge is 0.305 e. The van der Waals surface area contributed by atoms with Crippen molar-refractivity contribution in [2.24, 2.45) is 0 Å². The Labute approximate surface area is 71.6 Å². The third-order valence-electron chi connectivity index (χ3n) is 1.00. The monoisotopic (exact) mass is 180 g/mol. The lowest BCUT2D eigenvalue weighted by molar-refractivity contribution is -0.144. The van der Waals surface area contributed by atoms with Gasteiger partial charge in [0.05, 0.1) is 13.2 Å². The molecule has 0 amide bonds. The summed E-state index contributed by atoms with van der Waals surface area (Å²) in [6.45, 7) is 3.01. The molecule has 0 N–H and O–H groups in total. The summed E-state index contributed by atoms with van der Waals surface area (Å²) in [4.78, 5) is 10.5. The largest absolute Gasteiger partial charge is 0.463 e. The van der Waals surface area contributed by atoms with E-state index >= 15 is 0 Å². The normalized spacial score (nSPS) is 9.64. The lowest BCUT2D eigenvalue weighted by atomic mass is 10.5. The fourth-order valence-electron chi connectivity index (χ4n) is 0.473. The molecule has 0 atom stereocenters. The Kier molecular flexibility index (Phi) is 7.62. The molecule has 0 saturated carbocycles. The lowest BCUT2D eigenvalue weighted by Gasteiger charge is -2.02. The van der Waals surface area contributed by atoms with Crippen molar-refractivity contribution in [1.82, 2.24) is 0 Å². The second-order valence-corrected chi connectivity index (χ2v) is 2.25. The molecule has 0 aliphatic carbocycles. The van der Waals surface area contributed by atoms with Gasteiger partial charge in [-0.15, -0.1) is 11.6 Å². The van der Waals surface area contributed by atoms with Gasteiger partial charge in [-0.25, -0.2) is 0 Å². The van der Waals surface area contributed by atoms with E-state index in [1.807, 2.05) is 0 Å². The van der Waals surface area contributed by atoms with Gasteiger partial charge in [-0.1, -0.05) is 6.92 Å². The Morgan fingerprint density at radius 3 is 2.64 bits per heavy atom. The first-order chi connectivity index (χ1) is 5.31. The minimum Gasteiger partial charge on any atom is -0.463 e. The van der Waals surface area contributed by atoms with Crippen LogP contribution in [0.2, 0.25) is 0 Å². The first-order valence-corrected chi connectivity index (χ1v) is 4.14. The molecule has 0 spiro atoms. The topological polar surface area (TPSA) is 35.5 Å². The molecule has 0 aromatic carbocycles. The van der Waals surface area contributed by atoms with Crippen molar-refractivity contribution in [1.29, 1.82) is 0 Å². The van der Waals surface area contributed by atoms with Crippen LogP contribution in [-0.2, 0) is 14.3 Å². The summed E-state index contributed by atoms with van der Waals surface area (Å²) in [7, 11) is 0. The fraction of sp³-hybridized carbons (Fsp3) is 0.857. The lowest BCUT2D eigenvalue weighted by Crippen LogP contribution is -2.10. The molecule has 4 heteroatoms. The van der Waals surface area contributed by atoms with Gasteiger partial charge in [0.25, 0.3) is 0 Å². The van der Waals surface area contributed by atoms with Crippen molar-refractivity contribution in [2.75, 3.05) is 25.7 Å². The van der Waals surface area contributed by atoms with Gasteiger partial charge >= 0.3 is 5.97 Å². The van der Waals surface area contributed by atoms with Crippen molar-refractivity contribution >= 4 is 17.6 Å². The number of ether oxygens (including phenoxy) is 2. The van der Waals surface area contributed by atoms with E-state index in [0.29, 0.717) is 32.1 Å². The molecular weight excluding hydrogens is 168 g/mol. The van der Waals surface area contributed by atoms with Gasteiger partial charge in [-0.05, 0) is 0 Å². The number of alkyl halides is 1. The highest BCUT2D eigenvalue weighted by Gasteiger charge is 1.96. The molecule has 11 heavy (non-hydrogen) atoms. The van der Waals surface area contributed by atoms with Crippen molar-refractivity contribution in [3.05, 3.63) is 0 Å². The molecule has 0 radical (unpaired) electrons. The van der Waals surface area contributed by atoms with Gasteiger partial charge in [0.2, 0.25) is 0 Å².